The van der Waals surface area contributed by atoms with Gasteiger partial charge in [-0.1, -0.05) is 6.07 Å². The predicted octanol–water partition coefficient (Wildman–Crippen LogP) is 5.10. The van der Waals surface area contributed by atoms with Crippen LogP contribution >= 0.6 is 0 Å². The van der Waals surface area contributed by atoms with Gasteiger partial charge in [0, 0.05) is 47.4 Å². The number of rotatable bonds is 5. The van der Waals surface area contributed by atoms with Crippen molar-refractivity contribution in [1.82, 2.24) is 19.7 Å². The highest BCUT2D eigenvalue weighted by Gasteiger charge is 2.30. The Balaban J connectivity index is 1.49. The molecule has 2 aromatic heterocycles. The van der Waals surface area contributed by atoms with Crippen LogP contribution in [0.1, 0.15) is 27.0 Å². The van der Waals surface area contributed by atoms with Crippen LogP contribution in [0.2, 0.25) is 0 Å². The molecule has 0 aliphatic carbocycles. The highest BCUT2D eigenvalue weighted by molar-refractivity contribution is 6.10. The van der Waals surface area contributed by atoms with Crippen molar-refractivity contribution >= 4 is 27.8 Å². The summed E-state index contributed by atoms with van der Waals surface area (Å²) < 4.78 is 56.0. The SMILES string of the molecule is Cn1cc2c3cc(C(=O)NCc4ccc(F)c(CO)c4)ccc3n(-c3ccc(C(F)(F)F)cc3)c2n1. The average Bonchev–Trinajstić information content (AvgIpc) is 3.37. The summed E-state index contributed by atoms with van der Waals surface area (Å²) >= 11 is 0. The molecule has 5 aromatic rings. The molecule has 1 amide bonds. The van der Waals surface area contributed by atoms with Crippen LogP contribution in [-0.2, 0) is 26.4 Å². The van der Waals surface area contributed by atoms with Gasteiger partial charge in [0.25, 0.3) is 5.91 Å². The highest BCUT2D eigenvalue weighted by Crippen LogP contribution is 2.34. The topological polar surface area (TPSA) is 72.1 Å². The van der Waals surface area contributed by atoms with Crippen molar-refractivity contribution in [2.75, 3.05) is 0 Å². The van der Waals surface area contributed by atoms with Gasteiger partial charge in [0.2, 0.25) is 0 Å². The molecule has 6 nitrogen and oxygen atoms in total. The first-order valence-corrected chi connectivity index (χ1v) is 11.0. The zero-order valence-electron chi connectivity index (χ0n) is 19.0. The van der Waals surface area contributed by atoms with E-state index in [4.69, 9.17) is 0 Å². The van der Waals surface area contributed by atoms with Gasteiger partial charge in [0.15, 0.2) is 5.65 Å². The highest BCUT2D eigenvalue weighted by atomic mass is 19.4. The lowest BCUT2D eigenvalue weighted by Crippen LogP contribution is -2.22. The summed E-state index contributed by atoms with van der Waals surface area (Å²) in [5, 5.41) is 18.0. The molecule has 10 heteroatoms. The van der Waals surface area contributed by atoms with Gasteiger partial charge in [-0.3, -0.25) is 14.0 Å². The maximum Gasteiger partial charge on any atom is 0.416 e. The molecule has 0 saturated heterocycles. The molecule has 36 heavy (non-hydrogen) atoms. The molecule has 184 valence electrons. The zero-order valence-corrected chi connectivity index (χ0v) is 19.0. The van der Waals surface area contributed by atoms with E-state index in [1.54, 1.807) is 40.7 Å². The molecule has 0 saturated carbocycles. The fourth-order valence-electron chi connectivity index (χ4n) is 4.24. The molecule has 0 aliphatic heterocycles. The molecule has 0 aliphatic rings. The van der Waals surface area contributed by atoms with Gasteiger partial charge in [0.1, 0.15) is 5.82 Å². The van der Waals surface area contributed by atoms with Crippen molar-refractivity contribution in [2.24, 2.45) is 7.05 Å². The zero-order chi connectivity index (χ0) is 25.6. The number of aliphatic hydroxyl groups excluding tert-OH is 1. The molecule has 0 unspecified atom stereocenters. The standard InChI is InChI=1S/C26H20F4N4O2/c1-33-13-21-20-11-16(25(36)31-12-15-2-8-22(27)17(10-15)14-35)3-9-23(20)34(24(21)32-33)19-6-4-18(5-7-19)26(28,29)30/h2-11,13,35H,12,14H2,1H3,(H,31,36). The summed E-state index contributed by atoms with van der Waals surface area (Å²) in [6.45, 7) is -0.305. The summed E-state index contributed by atoms with van der Waals surface area (Å²) in [6.07, 6.45) is -2.65. The second-order valence-electron chi connectivity index (χ2n) is 8.42. The van der Waals surface area contributed by atoms with Gasteiger partial charge in [-0.15, -0.1) is 0 Å². The molecule has 0 fully saturated rings. The molecule has 0 radical (unpaired) electrons. The molecule has 5 rings (SSSR count). The van der Waals surface area contributed by atoms with E-state index in [2.05, 4.69) is 10.4 Å². The number of benzene rings is 3. The Bertz CT molecular complexity index is 1600. The van der Waals surface area contributed by atoms with Gasteiger partial charge in [-0.25, -0.2) is 4.39 Å². The number of halogens is 4. The Hall–Kier alpha value is -4.18. The lowest BCUT2D eigenvalue weighted by atomic mass is 10.1. The van der Waals surface area contributed by atoms with Crippen molar-refractivity contribution in [3.8, 4) is 5.69 Å². The van der Waals surface area contributed by atoms with Gasteiger partial charge in [-0.05, 0) is 60.2 Å². The summed E-state index contributed by atoms with van der Waals surface area (Å²) in [5.74, 6) is -0.873. The van der Waals surface area contributed by atoms with Crippen LogP contribution < -0.4 is 5.32 Å². The van der Waals surface area contributed by atoms with Gasteiger partial charge in [-0.2, -0.15) is 18.3 Å². The number of nitrogens with zero attached hydrogens (tertiary/aromatic N) is 3. The van der Waals surface area contributed by atoms with Crippen molar-refractivity contribution in [3.05, 3.63) is 94.9 Å². The third kappa shape index (κ3) is 4.20. The Kier molecular flexibility index (Phi) is 5.76. The van der Waals surface area contributed by atoms with E-state index in [0.717, 1.165) is 22.9 Å². The first-order chi connectivity index (χ1) is 17.2. The van der Waals surface area contributed by atoms with E-state index in [0.29, 0.717) is 28.0 Å². The molecule has 3 aromatic carbocycles. The molecular weight excluding hydrogens is 476 g/mol. The summed E-state index contributed by atoms with van der Waals surface area (Å²) in [5.41, 5.74) is 2.16. The quantitative estimate of drug-likeness (QED) is 0.333. The molecule has 2 heterocycles. The second-order valence-corrected chi connectivity index (χ2v) is 8.42. The van der Waals surface area contributed by atoms with Crippen LogP contribution in [0.4, 0.5) is 17.6 Å². The van der Waals surface area contributed by atoms with Gasteiger partial charge < -0.3 is 10.4 Å². The van der Waals surface area contributed by atoms with E-state index in [9.17, 15) is 27.5 Å². The Morgan fingerprint density at radius 3 is 2.47 bits per heavy atom. The van der Waals surface area contributed by atoms with Crippen LogP contribution in [0.5, 0.6) is 0 Å². The van der Waals surface area contributed by atoms with Crippen LogP contribution in [0.25, 0.3) is 27.6 Å². The van der Waals surface area contributed by atoms with Gasteiger partial charge >= 0.3 is 6.18 Å². The van der Waals surface area contributed by atoms with E-state index in [1.165, 1.54) is 30.3 Å². The van der Waals surface area contributed by atoms with E-state index < -0.39 is 24.2 Å². The van der Waals surface area contributed by atoms with Crippen LogP contribution in [-0.4, -0.2) is 25.4 Å². The summed E-state index contributed by atoms with van der Waals surface area (Å²) in [4.78, 5) is 12.9. The average molecular weight is 496 g/mol. The number of hydrogen-bond acceptors (Lipinski definition) is 3. The summed E-state index contributed by atoms with van der Waals surface area (Å²) in [6, 6.07) is 14.1. The van der Waals surface area contributed by atoms with Crippen molar-refractivity contribution < 1.29 is 27.5 Å². The van der Waals surface area contributed by atoms with Crippen LogP contribution in [0.15, 0.2) is 66.9 Å². The minimum absolute atomic E-state index is 0.138. The molecule has 0 atom stereocenters. The predicted molar refractivity (Wildman–Crippen MR) is 126 cm³/mol. The van der Waals surface area contributed by atoms with E-state index in [1.807, 2.05) is 0 Å². The lowest BCUT2D eigenvalue weighted by molar-refractivity contribution is -0.137. The number of carbonyl (C=O) groups is 1. The largest absolute Gasteiger partial charge is 0.416 e. The van der Waals surface area contributed by atoms with Crippen LogP contribution in [0.3, 0.4) is 0 Å². The summed E-state index contributed by atoms with van der Waals surface area (Å²) in [7, 11) is 1.74. The normalized spacial score (nSPS) is 11.9. The first kappa shape index (κ1) is 23.6. The third-order valence-electron chi connectivity index (χ3n) is 6.00. The van der Waals surface area contributed by atoms with Gasteiger partial charge in [0.05, 0.1) is 17.7 Å². The number of fused-ring (bicyclic) bond motifs is 3. The molecule has 0 spiro atoms. The number of carbonyl (C=O) groups excluding carboxylic acids is 1. The molecule has 0 bridgehead atoms. The van der Waals surface area contributed by atoms with Crippen molar-refractivity contribution in [2.45, 2.75) is 19.3 Å². The Morgan fingerprint density at radius 1 is 1.03 bits per heavy atom. The lowest BCUT2D eigenvalue weighted by Gasteiger charge is -2.10. The number of aromatic nitrogens is 3. The Labute approximate surface area is 202 Å². The second kappa shape index (κ2) is 8.80. The van der Waals surface area contributed by atoms with E-state index in [-0.39, 0.29) is 18.0 Å². The number of alkyl halides is 3. The fraction of sp³-hybridized carbons (Fsp3) is 0.154. The monoisotopic (exact) mass is 496 g/mol. The number of amides is 1. The minimum atomic E-state index is -4.44. The third-order valence-corrected chi connectivity index (χ3v) is 6.00. The van der Waals surface area contributed by atoms with Crippen molar-refractivity contribution in [1.29, 1.82) is 0 Å². The number of nitrogens with one attached hydrogen (secondary N) is 1. The molecular formula is C26H20F4N4O2. The minimum Gasteiger partial charge on any atom is -0.392 e. The van der Waals surface area contributed by atoms with Crippen molar-refractivity contribution in [3.63, 3.8) is 0 Å². The van der Waals surface area contributed by atoms with E-state index >= 15 is 0 Å². The number of aryl methyl sites for hydroxylation is 1. The first-order valence-electron chi connectivity index (χ1n) is 11.0. The smallest absolute Gasteiger partial charge is 0.392 e. The number of hydrogen-bond donors (Lipinski definition) is 2. The molecule has 2 N–H and O–H groups in total. The number of aliphatic hydroxyl groups is 1. The fourth-order valence-corrected chi connectivity index (χ4v) is 4.24. The van der Waals surface area contributed by atoms with Crippen LogP contribution in [0, 0.1) is 5.82 Å². The Morgan fingerprint density at radius 2 is 1.78 bits per heavy atom. The maximum atomic E-state index is 13.6. The maximum absolute atomic E-state index is 13.6.